The minimum Gasteiger partial charge on any atom is -0.385 e. The van der Waals surface area contributed by atoms with E-state index in [1.54, 1.807) is 12.0 Å². The average molecular weight is 344 g/mol. The van der Waals surface area contributed by atoms with Crippen molar-refractivity contribution in [3.63, 3.8) is 0 Å². The molecule has 0 radical (unpaired) electrons. The second-order valence-corrected chi connectivity index (χ2v) is 8.32. The Morgan fingerprint density at radius 2 is 1.96 bits per heavy atom. The highest BCUT2D eigenvalue weighted by Crippen LogP contribution is 2.21. The van der Waals surface area contributed by atoms with Crippen molar-refractivity contribution in [2.45, 2.75) is 38.5 Å². The summed E-state index contributed by atoms with van der Waals surface area (Å²) in [7, 11) is -1.66. The van der Waals surface area contributed by atoms with Gasteiger partial charge in [-0.3, -0.25) is 4.79 Å². The zero-order valence-electron chi connectivity index (χ0n) is 14.0. The fraction of sp³-hybridized carbons (Fsp3) is 0.812. The Labute approximate surface area is 139 Å². The number of hydrogen-bond donors (Lipinski definition) is 0. The Morgan fingerprint density at radius 1 is 1.22 bits per heavy atom. The Hall–Kier alpha value is -0.920. The first-order valence-corrected chi connectivity index (χ1v) is 10.1. The molecule has 1 aliphatic carbocycles. The van der Waals surface area contributed by atoms with Crippen molar-refractivity contribution in [3.8, 4) is 0 Å². The van der Waals surface area contributed by atoms with Crippen LogP contribution in [0.3, 0.4) is 0 Å². The fourth-order valence-electron chi connectivity index (χ4n) is 3.10. The molecule has 0 aromatic heterocycles. The van der Waals surface area contributed by atoms with Crippen LogP contribution in [-0.4, -0.2) is 69.2 Å². The van der Waals surface area contributed by atoms with Gasteiger partial charge in [-0.1, -0.05) is 11.6 Å². The van der Waals surface area contributed by atoms with E-state index in [9.17, 15) is 13.2 Å². The maximum atomic E-state index is 12.3. The van der Waals surface area contributed by atoms with Gasteiger partial charge in [0.25, 0.3) is 0 Å². The lowest BCUT2D eigenvalue weighted by Crippen LogP contribution is -2.51. The highest BCUT2D eigenvalue weighted by Gasteiger charge is 2.28. The van der Waals surface area contributed by atoms with Crippen LogP contribution in [-0.2, 0) is 19.6 Å². The molecular weight excluding hydrogens is 316 g/mol. The molecule has 6 nitrogen and oxygen atoms in total. The lowest BCUT2D eigenvalue weighted by molar-refractivity contribution is -0.131. The smallest absolute Gasteiger partial charge is 0.226 e. The van der Waals surface area contributed by atoms with E-state index in [1.807, 2.05) is 0 Å². The molecule has 1 aliphatic heterocycles. The summed E-state index contributed by atoms with van der Waals surface area (Å²) in [6, 6.07) is 0. The van der Waals surface area contributed by atoms with E-state index in [2.05, 4.69) is 6.08 Å². The van der Waals surface area contributed by atoms with E-state index >= 15 is 0 Å². The van der Waals surface area contributed by atoms with Gasteiger partial charge in [0.05, 0.1) is 5.75 Å². The second-order valence-electron chi connectivity index (χ2n) is 6.23. The topological polar surface area (TPSA) is 66.9 Å². The number of allylic oxidation sites excluding steroid dienone is 1. The van der Waals surface area contributed by atoms with Crippen LogP contribution in [0.4, 0.5) is 0 Å². The predicted molar refractivity (Wildman–Crippen MR) is 89.6 cm³/mol. The normalized spacial score (nSPS) is 20.4. The molecule has 7 heteroatoms. The molecule has 1 fully saturated rings. The molecular formula is C16H28N2O4S. The summed E-state index contributed by atoms with van der Waals surface area (Å²) in [4.78, 5) is 14.1. The van der Waals surface area contributed by atoms with Gasteiger partial charge in [0.15, 0.2) is 0 Å². The maximum absolute atomic E-state index is 12.3. The van der Waals surface area contributed by atoms with E-state index in [-0.39, 0.29) is 11.7 Å². The number of carbonyl (C=O) groups is 1. The van der Waals surface area contributed by atoms with Gasteiger partial charge >= 0.3 is 0 Å². The van der Waals surface area contributed by atoms with E-state index in [0.717, 1.165) is 12.8 Å². The van der Waals surface area contributed by atoms with Crippen molar-refractivity contribution >= 4 is 15.9 Å². The van der Waals surface area contributed by atoms with E-state index in [0.29, 0.717) is 45.6 Å². The van der Waals surface area contributed by atoms with Crippen LogP contribution in [0, 0.1) is 0 Å². The number of carbonyl (C=O) groups excluding carboxylic acids is 1. The molecule has 132 valence electrons. The van der Waals surface area contributed by atoms with Crippen LogP contribution >= 0.6 is 0 Å². The van der Waals surface area contributed by atoms with Gasteiger partial charge in [-0.25, -0.2) is 8.42 Å². The van der Waals surface area contributed by atoms with Gasteiger partial charge in [-0.05, 0) is 32.1 Å². The quantitative estimate of drug-likeness (QED) is 0.517. The number of rotatable bonds is 7. The fourth-order valence-corrected chi connectivity index (χ4v) is 4.56. The molecule has 1 saturated heterocycles. The Balaban J connectivity index is 1.78. The van der Waals surface area contributed by atoms with Crippen molar-refractivity contribution in [3.05, 3.63) is 11.6 Å². The number of amides is 1. The van der Waals surface area contributed by atoms with Crippen molar-refractivity contribution in [2.75, 3.05) is 45.6 Å². The first kappa shape index (κ1) is 18.4. The predicted octanol–water partition coefficient (Wildman–Crippen LogP) is 1.39. The summed E-state index contributed by atoms with van der Waals surface area (Å²) < 4.78 is 30.8. The molecule has 0 bridgehead atoms. The second kappa shape index (κ2) is 8.80. The third-order valence-electron chi connectivity index (χ3n) is 4.50. The number of piperazine rings is 1. The van der Waals surface area contributed by atoms with E-state index in [1.165, 1.54) is 22.7 Å². The molecule has 0 atom stereocenters. The lowest BCUT2D eigenvalue weighted by atomic mass is 9.97. The van der Waals surface area contributed by atoms with Crippen LogP contribution in [0.15, 0.2) is 11.6 Å². The van der Waals surface area contributed by atoms with Crippen molar-refractivity contribution in [1.82, 2.24) is 9.21 Å². The zero-order chi connectivity index (χ0) is 16.7. The molecule has 0 aromatic carbocycles. The van der Waals surface area contributed by atoms with Crippen LogP contribution in [0.25, 0.3) is 0 Å². The number of ether oxygens (including phenoxy) is 1. The molecule has 2 rings (SSSR count). The molecule has 2 aliphatic rings. The van der Waals surface area contributed by atoms with Gasteiger partial charge in [0.2, 0.25) is 15.9 Å². The molecule has 0 unspecified atom stereocenters. The van der Waals surface area contributed by atoms with E-state index in [4.69, 9.17) is 4.74 Å². The Bertz CT molecular complexity index is 522. The number of hydrogen-bond acceptors (Lipinski definition) is 4. The molecule has 0 aromatic rings. The highest BCUT2D eigenvalue weighted by atomic mass is 32.2. The first-order valence-electron chi connectivity index (χ1n) is 8.45. The maximum Gasteiger partial charge on any atom is 0.226 e. The summed E-state index contributed by atoms with van der Waals surface area (Å²) >= 11 is 0. The van der Waals surface area contributed by atoms with Crippen LogP contribution in [0.1, 0.15) is 38.5 Å². The van der Waals surface area contributed by atoms with Crippen molar-refractivity contribution < 1.29 is 17.9 Å². The summed E-state index contributed by atoms with van der Waals surface area (Å²) in [5, 5.41) is 0. The van der Waals surface area contributed by atoms with Crippen molar-refractivity contribution in [1.29, 1.82) is 0 Å². The Kier molecular flexibility index (Phi) is 7.05. The Morgan fingerprint density at radius 3 is 2.57 bits per heavy atom. The molecule has 1 amide bonds. The number of sulfonamides is 1. The van der Waals surface area contributed by atoms with Crippen molar-refractivity contribution in [2.24, 2.45) is 0 Å². The summed E-state index contributed by atoms with van der Waals surface area (Å²) in [5.41, 5.74) is 1.25. The molecule has 23 heavy (non-hydrogen) atoms. The van der Waals surface area contributed by atoms with Gasteiger partial charge in [0.1, 0.15) is 0 Å². The average Bonchev–Trinajstić information content (AvgIpc) is 2.56. The standard InChI is InChI=1S/C16H28N2O4S/c1-22-12-5-13-23(20,21)18-10-8-17(9-11-18)16(19)14-15-6-3-2-4-7-15/h6H,2-5,7-14H2,1H3. The molecule has 1 heterocycles. The zero-order valence-corrected chi connectivity index (χ0v) is 14.8. The largest absolute Gasteiger partial charge is 0.385 e. The lowest BCUT2D eigenvalue weighted by Gasteiger charge is -2.34. The van der Waals surface area contributed by atoms with Gasteiger partial charge in [-0.15, -0.1) is 0 Å². The minimum absolute atomic E-state index is 0.113. The van der Waals surface area contributed by atoms with Crippen LogP contribution in [0.5, 0.6) is 0 Å². The van der Waals surface area contributed by atoms with Gasteiger partial charge in [-0.2, -0.15) is 4.31 Å². The molecule has 0 spiro atoms. The minimum atomic E-state index is -3.23. The number of nitrogens with zero attached hydrogens (tertiary/aromatic N) is 2. The summed E-state index contributed by atoms with van der Waals surface area (Å²) in [6.07, 6.45) is 7.70. The monoisotopic (exact) mass is 344 g/mol. The van der Waals surface area contributed by atoms with Crippen LogP contribution in [0.2, 0.25) is 0 Å². The van der Waals surface area contributed by atoms with E-state index < -0.39 is 10.0 Å². The molecule has 0 saturated carbocycles. The number of methoxy groups -OCH3 is 1. The third-order valence-corrected chi connectivity index (χ3v) is 6.46. The third kappa shape index (κ3) is 5.58. The van der Waals surface area contributed by atoms with Gasteiger partial charge < -0.3 is 9.64 Å². The summed E-state index contributed by atoms with van der Waals surface area (Å²) in [6.45, 7) is 2.25. The molecule has 0 N–H and O–H groups in total. The van der Waals surface area contributed by atoms with Crippen LogP contribution < -0.4 is 0 Å². The first-order chi connectivity index (χ1) is 11.0. The van der Waals surface area contributed by atoms with Gasteiger partial charge in [0, 0.05) is 46.3 Å². The summed E-state index contributed by atoms with van der Waals surface area (Å²) in [5.74, 6) is 0.247. The highest BCUT2D eigenvalue weighted by molar-refractivity contribution is 7.89. The SMILES string of the molecule is COCCCS(=O)(=O)N1CCN(C(=O)CC2=CCCCC2)CC1.